The Balaban J connectivity index is 1.93. The SMILES string of the molecule is NCC#Cc1ccc(C(=O)NN2CCOCC2)s1. The van der Waals surface area contributed by atoms with Crippen LogP contribution in [0.2, 0.25) is 0 Å². The van der Waals surface area contributed by atoms with E-state index in [4.69, 9.17) is 10.5 Å². The van der Waals surface area contributed by atoms with Crippen molar-refractivity contribution in [1.82, 2.24) is 10.4 Å². The summed E-state index contributed by atoms with van der Waals surface area (Å²) in [6.45, 7) is 3.07. The molecule has 0 saturated carbocycles. The van der Waals surface area contributed by atoms with E-state index in [1.165, 1.54) is 11.3 Å². The molecule has 0 aromatic carbocycles. The number of nitrogens with zero attached hydrogens (tertiary/aromatic N) is 1. The topological polar surface area (TPSA) is 67.6 Å². The Morgan fingerprint density at radius 3 is 3.00 bits per heavy atom. The fourth-order valence-corrected chi connectivity index (χ4v) is 2.31. The highest BCUT2D eigenvalue weighted by atomic mass is 32.1. The van der Waals surface area contributed by atoms with Gasteiger partial charge in [0.05, 0.1) is 29.5 Å². The van der Waals surface area contributed by atoms with Gasteiger partial charge in [-0.15, -0.1) is 11.3 Å². The van der Waals surface area contributed by atoms with Gasteiger partial charge in [-0.1, -0.05) is 11.8 Å². The smallest absolute Gasteiger partial charge is 0.275 e. The second kappa shape index (κ2) is 6.52. The standard InChI is InChI=1S/C12H15N3O2S/c13-5-1-2-10-3-4-11(18-10)12(16)14-15-6-8-17-9-7-15/h3-4H,5-9,13H2,(H,14,16). The summed E-state index contributed by atoms with van der Waals surface area (Å²) < 4.78 is 5.21. The Hall–Kier alpha value is -1.39. The summed E-state index contributed by atoms with van der Waals surface area (Å²) in [5.41, 5.74) is 8.16. The monoisotopic (exact) mass is 265 g/mol. The second-order valence-corrected chi connectivity index (χ2v) is 4.79. The largest absolute Gasteiger partial charge is 0.379 e. The van der Waals surface area contributed by atoms with Gasteiger partial charge in [-0.05, 0) is 12.1 Å². The van der Waals surface area contributed by atoms with Crippen molar-refractivity contribution in [3.8, 4) is 11.8 Å². The van der Waals surface area contributed by atoms with E-state index in [2.05, 4.69) is 17.3 Å². The van der Waals surface area contributed by atoms with Crippen molar-refractivity contribution in [1.29, 1.82) is 0 Å². The van der Waals surface area contributed by atoms with Crippen molar-refractivity contribution in [3.05, 3.63) is 21.9 Å². The van der Waals surface area contributed by atoms with E-state index < -0.39 is 0 Å². The maximum absolute atomic E-state index is 11.9. The molecule has 0 radical (unpaired) electrons. The molecule has 1 aliphatic heterocycles. The van der Waals surface area contributed by atoms with Crippen molar-refractivity contribution in [2.24, 2.45) is 5.73 Å². The molecular formula is C12H15N3O2S. The zero-order chi connectivity index (χ0) is 12.8. The van der Waals surface area contributed by atoms with Gasteiger partial charge < -0.3 is 10.5 Å². The van der Waals surface area contributed by atoms with Crippen molar-refractivity contribution < 1.29 is 9.53 Å². The van der Waals surface area contributed by atoms with E-state index in [-0.39, 0.29) is 5.91 Å². The fraction of sp³-hybridized carbons (Fsp3) is 0.417. The molecule has 1 aromatic heterocycles. The Bertz CT molecular complexity index is 469. The average molecular weight is 265 g/mol. The first kappa shape index (κ1) is 13.1. The van der Waals surface area contributed by atoms with Gasteiger partial charge in [0.25, 0.3) is 5.91 Å². The minimum atomic E-state index is -0.0947. The van der Waals surface area contributed by atoms with Crippen LogP contribution < -0.4 is 11.2 Å². The number of ether oxygens (including phenoxy) is 1. The predicted molar refractivity (Wildman–Crippen MR) is 70.1 cm³/mol. The van der Waals surface area contributed by atoms with E-state index in [1.807, 2.05) is 11.1 Å². The van der Waals surface area contributed by atoms with Crippen LogP contribution in [0.1, 0.15) is 14.5 Å². The van der Waals surface area contributed by atoms with Gasteiger partial charge in [-0.25, -0.2) is 5.01 Å². The first-order valence-electron chi connectivity index (χ1n) is 5.72. The molecular weight excluding hydrogens is 250 g/mol. The van der Waals surface area contributed by atoms with Crippen molar-refractivity contribution >= 4 is 17.2 Å². The lowest BCUT2D eigenvalue weighted by Crippen LogP contribution is -2.48. The summed E-state index contributed by atoms with van der Waals surface area (Å²) in [5.74, 6) is 5.59. The predicted octanol–water partition coefficient (Wildman–Crippen LogP) is 0.0353. The Kier molecular flexibility index (Phi) is 4.73. The van der Waals surface area contributed by atoms with E-state index >= 15 is 0 Å². The highest BCUT2D eigenvalue weighted by Gasteiger charge is 2.15. The number of nitrogens with one attached hydrogen (secondary N) is 1. The third kappa shape index (κ3) is 3.55. The summed E-state index contributed by atoms with van der Waals surface area (Å²) >= 11 is 1.37. The van der Waals surface area contributed by atoms with Crippen LogP contribution in [-0.4, -0.2) is 43.8 Å². The normalized spacial score (nSPS) is 15.8. The molecule has 1 fully saturated rings. The van der Waals surface area contributed by atoms with Gasteiger partial charge >= 0.3 is 0 Å². The zero-order valence-electron chi connectivity index (χ0n) is 9.94. The van der Waals surface area contributed by atoms with Crippen LogP contribution in [0.4, 0.5) is 0 Å². The van der Waals surface area contributed by atoms with Crippen LogP contribution in [0.25, 0.3) is 0 Å². The van der Waals surface area contributed by atoms with Gasteiger partial charge in [-0.3, -0.25) is 10.2 Å². The number of hydrogen-bond donors (Lipinski definition) is 2. The van der Waals surface area contributed by atoms with Crippen molar-refractivity contribution in [3.63, 3.8) is 0 Å². The third-order valence-electron chi connectivity index (χ3n) is 2.41. The zero-order valence-corrected chi connectivity index (χ0v) is 10.8. The number of hydrazine groups is 1. The first-order chi connectivity index (χ1) is 8.79. The molecule has 2 rings (SSSR count). The highest BCUT2D eigenvalue weighted by molar-refractivity contribution is 7.14. The number of thiophene rings is 1. The molecule has 0 unspecified atom stereocenters. The summed E-state index contributed by atoms with van der Waals surface area (Å²) in [6.07, 6.45) is 0. The van der Waals surface area contributed by atoms with E-state index in [1.54, 1.807) is 6.07 Å². The average Bonchev–Trinajstić information content (AvgIpc) is 2.86. The van der Waals surface area contributed by atoms with Gasteiger partial charge in [0.2, 0.25) is 0 Å². The van der Waals surface area contributed by atoms with E-state index in [9.17, 15) is 4.79 Å². The van der Waals surface area contributed by atoms with Gasteiger partial charge in [0.15, 0.2) is 0 Å². The fourth-order valence-electron chi connectivity index (χ4n) is 1.54. The number of carbonyl (C=O) groups excluding carboxylic acids is 1. The number of carbonyl (C=O) groups is 1. The molecule has 0 spiro atoms. The molecule has 0 aliphatic carbocycles. The van der Waals surface area contributed by atoms with Crippen LogP contribution in [-0.2, 0) is 4.74 Å². The second-order valence-electron chi connectivity index (χ2n) is 3.71. The number of nitrogens with two attached hydrogens (primary N) is 1. The maximum Gasteiger partial charge on any atom is 0.275 e. The minimum absolute atomic E-state index is 0.0947. The highest BCUT2D eigenvalue weighted by Crippen LogP contribution is 2.15. The molecule has 96 valence electrons. The van der Waals surface area contributed by atoms with Crippen LogP contribution in [0.3, 0.4) is 0 Å². The molecule has 1 aliphatic rings. The van der Waals surface area contributed by atoms with Crippen LogP contribution in [0.15, 0.2) is 12.1 Å². The van der Waals surface area contributed by atoms with Crippen LogP contribution in [0.5, 0.6) is 0 Å². The molecule has 1 aromatic rings. The minimum Gasteiger partial charge on any atom is -0.379 e. The van der Waals surface area contributed by atoms with Gasteiger partial charge in [0, 0.05) is 13.1 Å². The molecule has 0 bridgehead atoms. The van der Waals surface area contributed by atoms with E-state index in [0.29, 0.717) is 24.6 Å². The molecule has 18 heavy (non-hydrogen) atoms. The first-order valence-corrected chi connectivity index (χ1v) is 6.53. The van der Waals surface area contributed by atoms with Crippen LogP contribution in [0, 0.1) is 11.8 Å². The number of rotatable bonds is 2. The lowest BCUT2D eigenvalue weighted by Gasteiger charge is -2.26. The number of hydrogen-bond acceptors (Lipinski definition) is 5. The molecule has 5 nitrogen and oxygen atoms in total. The summed E-state index contributed by atoms with van der Waals surface area (Å²) in [5, 5.41) is 1.87. The summed E-state index contributed by atoms with van der Waals surface area (Å²) in [7, 11) is 0. The number of morpholine rings is 1. The molecule has 1 amide bonds. The Morgan fingerprint density at radius 1 is 1.50 bits per heavy atom. The van der Waals surface area contributed by atoms with E-state index in [0.717, 1.165) is 18.0 Å². The molecule has 1 saturated heterocycles. The lowest BCUT2D eigenvalue weighted by atomic mass is 10.4. The molecule has 6 heteroatoms. The maximum atomic E-state index is 11.9. The molecule has 0 atom stereocenters. The Morgan fingerprint density at radius 2 is 2.28 bits per heavy atom. The van der Waals surface area contributed by atoms with Crippen LogP contribution >= 0.6 is 11.3 Å². The lowest BCUT2D eigenvalue weighted by molar-refractivity contribution is 0.0127. The number of amides is 1. The summed E-state index contributed by atoms with van der Waals surface area (Å²) in [4.78, 5) is 13.5. The summed E-state index contributed by atoms with van der Waals surface area (Å²) in [6, 6.07) is 3.61. The van der Waals surface area contributed by atoms with Gasteiger partial charge in [-0.2, -0.15) is 0 Å². The molecule has 2 heterocycles. The van der Waals surface area contributed by atoms with Crippen molar-refractivity contribution in [2.75, 3.05) is 32.8 Å². The quantitative estimate of drug-likeness (QED) is 0.741. The third-order valence-corrected chi connectivity index (χ3v) is 3.41. The molecule has 3 N–H and O–H groups in total. The Labute approximate surface area is 110 Å². The van der Waals surface area contributed by atoms with Crippen molar-refractivity contribution in [2.45, 2.75) is 0 Å². The van der Waals surface area contributed by atoms with Gasteiger partial charge in [0.1, 0.15) is 0 Å².